The van der Waals surface area contributed by atoms with E-state index in [1.54, 1.807) is 23.1 Å². The highest BCUT2D eigenvalue weighted by molar-refractivity contribution is 5.95. The van der Waals surface area contributed by atoms with Crippen molar-refractivity contribution in [1.29, 1.82) is 0 Å². The van der Waals surface area contributed by atoms with Crippen LogP contribution < -0.4 is 10.5 Å². The Balaban J connectivity index is 2.82. The molecule has 0 aliphatic rings. The molecule has 0 spiro atoms. The zero-order valence-electron chi connectivity index (χ0n) is 12.5. The Bertz CT molecular complexity index is 435. The molecule has 2 N–H and O–H groups in total. The molecule has 0 saturated heterocycles. The molecule has 1 aromatic carbocycles. The Morgan fingerprint density at radius 2 is 1.95 bits per heavy atom. The van der Waals surface area contributed by atoms with Crippen molar-refractivity contribution in [2.45, 2.75) is 20.8 Å². The lowest BCUT2D eigenvalue weighted by Gasteiger charge is -2.21. The summed E-state index contributed by atoms with van der Waals surface area (Å²) in [7, 11) is 0. The summed E-state index contributed by atoms with van der Waals surface area (Å²) in [5, 5.41) is 0. The Labute approximate surface area is 120 Å². The third kappa shape index (κ3) is 4.74. The number of carbonyl (C=O) groups is 1. The second-order valence-corrected chi connectivity index (χ2v) is 4.31. The van der Waals surface area contributed by atoms with Crippen molar-refractivity contribution in [3.63, 3.8) is 0 Å². The highest BCUT2D eigenvalue weighted by Gasteiger charge is 2.15. The summed E-state index contributed by atoms with van der Waals surface area (Å²) in [6.07, 6.45) is 0. The summed E-state index contributed by atoms with van der Waals surface area (Å²) >= 11 is 0. The van der Waals surface area contributed by atoms with E-state index in [0.29, 0.717) is 49.9 Å². The van der Waals surface area contributed by atoms with Crippen molar-refractivity contribution in [2.75, 3.05) is 38.6 Å². The fourth-order valence-electron chi connectivity index (χ4n) is 1.90. The molecule has 0 heterocycles. The third-order valence-corrected chi connectivity index (χ3v) is 2.87. The van der Waals surface area contributed by atoms with Crippen LogP contribution in [0.25, 0.3) is 0 Å². The number of anilines is 1. The lowest BCUT2D eigenvalue weighted by atomic mass is 10.1. The second-order valence-electron chi connectivity index (χ2n) is 4.31. The first-order valence-corrected chi connectivity index (χ1v) is 7.02. The molecule has 0 aliphatic carbocycles. The van der Waals surface area contributed by atoms with Crippen molar-refractivity contribution in [3.05, 3.63) is 23.8 Å². The topological polar surface area (TPSA) is 64.8 Å². The predicted molar refractivity (Wildman–Crippen MR) is 80.1 cm³/mol. The molecular formula is C15H24N2O3. The van der Waals surface area contributed by atoms with Crippen molar-refractivity contribution >= 4 is 11.6 Å². The van der Waals surface area contributed by atoms with E-state index >= 15 is 0 Å². The maximum atomic E-state index is 12.4. The van der Waals surface area contributed by atoms with Gasteiger partial charge in [-0.2, -0.15) is 0 Å². The van der Waals surface area contributed by atoms with Crippen LogP contribution in [0.15, 0.2) is 18.2 Å². The summed E-state index contributed by atoms with van der Waals surface area (Å²) in [4.78, 5) is 14.2. The van der Waals surface area contributed by atoms with Crippen LogP contribution in [-0.4, -0.2) is 43.7 Å². The number of carbonyl (C=O) groups excluding carboxylic acids is 1. The van der Waals surface area contributed by atoms with Gasteiger partial charge in [-0.1, -0.05) is 0 Å². The van der Waals surface area contributed by atoms with Gasteiger partial charge in [0.15, 0.2) is 0 Å². The molecule has 1 rings (SSSR count). The van der Waals surface area contributed by atoms with E-state index in [9.17, 15) is 4.79 Å². The van der Waals surface area contributed by atoms with Gasteiger partial charge >= 0.3 is 0 Å². The molecule has 0 radical (unpaired) electrons. The number of hydrogen-bond acceptors (Lipinski definition) is 4. The van der Waals surface area contributed by atoms with E-state index in [4.69, 9.17) is 15.2 Å². The minimum Gasteiger partial charge on any atom is -0.494 e. The number of nitrogens with zero attached hydrogens (tertiary/aromatic N) is 1. The fraction of sp³-hybridized carbons (Fsp3) is 0.533. The minimum atomic E-state index is -0.0551. The number of rotatable bonds is 8. The van der Waals surface area contributed by atoms with E-state index in [1.807, 2.05) is 20.8 Å². The largest absolute Gasteiger partial charge is 0.494 e. The molecule has 0 bridgehead atoms. The SMILES string of the molecule is CCOCCN(CC)C(=O)c1cc(N)cc(OCC)c1. The number of benzene rings is 1. The van der Waals surface area contributed by atoms with Crippen LogP contribution in [-0.2, 0) is 4.74 Å². The Morgan fingerprint density at radius 3 is 2.55 bits per heavy atom. The van der Waals surface area contributed by atoms with Gasteiger partial charge < -0.3 is 20.1 Å². The van der Waals surface area contributed by atoms with E-state index in [-0.39, 0.29) is 5.91 Å². The number of likely N-dealkylation sites (N-methyl/N-ethyl adjacent to an activating group) is 1. The number of nitrogen functional groups attached to an aromatic ring is 1. The van der Waals surface area contributed by atoms with Crippen LogP contribution in [0.1, 0.15) is 31.1 Å². The molecule has 0 aromatic heterocycles. The van der Waals surface area contributed by atoms with Crippen molar-refractivity contribution in [1.82, 2.24) is 4.90 Å². The van der Waals surface area contributed by atoms with Gasteiger partial charge in [0.05, 0.1) is 13.2 Å². The highest BCUT2D eigenvalue weighted by atomic mass is 16.5. The summed E-state index contributed by atoms with van der Waals surface area (Å²) in [5.41, 5.74) is 6.89. The van der Waals surface area contributed by atoms with Crippen LogP contribution in [0.2, 0.25) is 0 Å². The maximum absolute atomic E-state index is 12.4. The van der Waals surface area contributed by atoms with E-state index < -0.39 is 0 Å². The first-order valence-electron chi connectivity index (χ1n) is 7.02. The first-order chi connectivity index (χ1) is 9.62. The summed E-state index contributed by atoms with van der Waals surface area (Å²) in [5.74, 6) is 0.567. The Morgan fingerprint density at radius 1 is 1.20 bits per heavy atom. The van der Waals surface area contributed by atoms with Crippen molar-refractivity contribution in [3.8, 4) is 5.75 Å². The number of amides is 1. The van der Waals surface area contributed by atoms with Crippen LogP contribution in [0, 0.1) is 0 Å². The van der Waals surface area contributed by atoms with Crippen LogP contribution in [0.3, 0.4) is 0 Å². The van der Waals surface area contributed by atoms with Gasteiger partial charge in [-0.15, -0.1) is 0 Å². The average Bonchev–Trinajstić information content (AvgIpc) is 2.43. The van der Waals surface area contributed by atoms with Gasteiger partial charge in [0.25, 0.3) is 5.91 Å². The quantitative estimate of drug-likeness (QED) is 0.585. The molecule has 0 saturated carbocycles. The average molecular weight is 280 g/mol. The molecule has 0 unspecified atom stereocenters. The van der Waals surface area contributed by atoms with E-state index in [0.717, 1.165) is 0 Å². The number of hydrogen-bond donors (Lipinski definition) is 1. The van der Waals surface area contributed by atoms with Crippen molar-refractivity contribution < 1.29 is 14.3 Å². The lowest BCUT2D eigenvalue weighted by molar-refractivity contribution is 0.0669. The minimum absolute atomic E-state index is 0.0551. The highest BCUT2D eigenvalue weighted by Crippen LogP contribution is 2.20. The van der Waals surface area contributed by atoms with Crippen LogP contribution in [0.5, 0.6) is 5.75 Å². The molecule has 112 valence electrons. The van der Waals surface area contributed by atoms with E-state index in [1.165, 1.54) is 0 Å². The van der Waals surface area contributed by atoms with Gasteiger partial charge in [0.2, 0.25) is 0 Å². The zero-order chi connectivity index (χ0) is 15.0. The van der Waals surface area contributed by atoms with Gasteiger partial charge in [-0.05, 0) is 32.9 Å². The van der Waals surface area contributed by atoms with Gasteiger partial charge in [-0.3, -0.25) is 4.79 Å². The van der Waals surface area contributed by atoms with E-state index in [2.05, 4.69) is 0 Å². The third-order valence-electron chi connectivity index (χ3n) is 2.87. The Kier molecular flexibility index (Phi) is 6.87. The first kappa shape index (κ1) is 16.3. The van der Waals surface area contributed by atoms with Crippen LogP contribution in [0.4, 0.5) is 5.69 Å². The monoisotopic (exact) mass is 280 g/mol. The molecule has 0 fully saturated rings. The van der Waals surface area contributed by atoms with Gasteiger partial charge in [0, 0.05) is 37.0 Å². The molecular weight excluding hydrogens is 256 g/mol. The molecule has 5 heteroatoms. The Hall–Kier alpha value is -1.75. The lowest BCUT2D eigenvalue weighted by Crippen LogP contribution is -2.34. The zero-order valence-corrected chi connectivity index (χ0v) is 12.5. The smallest absolute Gasteiger partial charge is 0.254 e. The van der Waals surface area contributed by atoms with Crippen LogP contribution >= 0.6 is 0 Å². The number of nitrogens with two attached hydrogens (primary N) is 1. The fourth-order valence-corrected chi connectivity index (χ4v) is 1.90. The normalized spacial score (nSPS) is 10.3. The molecule has 1 aromatic rings. The molecule has 1 amide bonds. The summed E-state index contributed by atoms with van der Waals surface area (Å²) < 4.78 is 10.7. The molecule has 5 nitrogen and oxygen atoms in total. The standard InChI is InChI=1S/C15H24N2O3/c1-4-17(7-8-19-5-2)15(18)12-9-13(16)11-14(10-12)20-6-3/h9-11H,4-8,16H2,1-3H3. The summed E-state index contributed by atoms with van der Waals surface area (Å²) in [6.45, 7) is 8.70. The number of ether oxygens (including phenoxy) is 2. The van der Waals surface area contributed by atoms with Gasteiger partial charge in [-0.25, -0.2) is 0 Å². The summed E-state index contributed by atoms with van der Waals surface area (Å²) in [6, 6.07) is 5.12. The second kappa shape index (κ2) is 8.43. The molecule has 0 aliphatic heterocycles. The molecule has 20 heavy (non-hydrogen) atoms. The maximum Gasteiger partial charge on any atom is 0.254 e. The van der Waals surface area contributed by atoms with Gasteiger partial charge in [0.1, 0.15) is 5.75 Å². The molecule has 0 atom stereocenters. The van der Waals surface area contributed by atoms with Crippen molar-refractivity contribution in [2.24, 2.45) is 0 Å². The predicted octanol–water partition coefficient (Wildman–Crippen LogP) is 2.17.